The topological polar surface area (TPSA) is 58.6 Å². The van der Waals surface area contributed by atoms with Crippen molar-refractivity contribution in [2.24, 2.45) is 0 Å². The molecule has 1 fully saturated rings. The molecular weight excluding hydrogens is 476 g/mol. The fraction of sp³-hybridized carbons (Fsp3) is 0.0952. The van der Waals surface area contributed by atoms with E-state index in [1.807, 2.05) is 24.3 Å². The van der Waals surface area contributed by atoms with Crippen LogP contribution in [0.15, 0.2) is 65.2 Å². The van der Waals surface area contributed by atoms with Crippen molar-refractivity contribution < 1.29 is 14.3 Å². The maximum Gasteiger partial charge on any atom is 0.265 e. The van der Waals surface area contributed by atoms with Gasteiger partial charge in [0.2, 0.25) is 0 Å². The summed E-state index contributed by atoms with van der Waals surface area (Å²) in [6.45, 7) is 4.05. The van der Waals surface area contributed by atoms with Crippen LogP contribution in [0.1, 0.15) is 11.1 Å². The Morgan fingerprint density at radius 1 is 1.24 bits per heavy atom. The summed E-state index contributed by atoms with van der Waals surface area (Å²) in [6.07, 6.45) is 3.03. The molecule has 0 aromatic heterocycles. The first-order chi connectivity index (χ1) is 13.9. The van der Waals surface area contributed by atoms with Crippen molar-refractivity contribution in [3.63, 3.8) is 0 Å². The van der Waals surface area contributed by atoms with Crippen molar-refractivity contribution in [1.29, 1.82) is 0 Å². The van der Waals surface area contributed by atoms with Gasteiger partial charge in [-0.2, -0.15) is 0 Å². The number of hydrogen-bond donors (Lipinski definition) is 1. The van der Waals surface area contributed by atoms with Gasteiger partial charge in [0.25, 0.3) is 11.8 Å². The first kappa shape index (κ1) is 21.2. The lowest BCUT2D eigenvalue weighted by Crippen LogP contribution is -2.53. The smallest absolute Gasteiger partial charge is 0.265 e. The number of rotatable bonds is 6. The predicted molar refractivity (Wildman–Crippen MR) is 121 cm³/mol. The van der Waals surface area contributed by atoms with E-state index in [0.29, 0.717) is 16.3 Å². The Hall–Kier alpha value is -2.48. The van der Waals surface area contributed by atoms with E-state index < -0.39 is 11.8 Å². The summed E-state index contributed by atoms with van der Waals surface area (Å²) >= 11 is 14.7. The third-order valence-corrected chi connectivity index (χ3v) is 5.29. The number of nitrogens with one attached hydrogen (secondary N) is 1. The summed E-state index contributed by atoms with van der Waals surface area (Å²) in [5.41, 5.74) is 1.35. The summed E-state index contributed by atoms with van der Waals surface area (Å²) in [5.74, 6) is -0.544. The highest BCUT2D eigenvalue weighted by atomic mass is 79.9. The van der Waals surface area contributed by atoms with Gasteiger partial charge in [-0.05, 0) is 42.6 Å². The SMILES string of the molecule is C=CCN1C(=O)/C(=C/c2cc(Br)ccc2OCc2ccccc2Cl)C(=O)NC1=S. The number of benzene rings is 2. The fourth-order valence-corrected chi connectivity index (χ4v) is 3.50. The number of thiocarbonyl (C=S) groups is 1. The Balaban J connectivity index is 1.93. The van der Waals surface area contributed by atoms with E-state index in [2.05, 4.69) is 27.8 Å². The van der Waals surface area contributed by atoms with Crippen molar-refractivity contribution >= 4 is 62.8 Å². The molecule has 0 radical (unpaired) electrons. The Morgan fingerprint density at radius 2 is 2.00 bits per heavy atom. The third-order valence-electron chi connectivity index (χ3n) is 4.11. The van der Waals surface area contributed by atoms with E-state index >= 15 is 0 Å². The van der Waals surface area contributed by atoms with Gasteiger partial charge in [-0.15, -0.1) is 6.58 Å². The number of nitrogens with zero attached hydrogens (tertiary/aromatic N) is 1. The molecular formula is C21H16BrClN2O3S. The van der Waals surface area contributed by atoms with E-state index in [1.54, 1.807) is 18.2 Å². The lowest BCUT2D eigenvalue weighted by molar-refractivity contribution is -0.128. The van der Waals surface area contributed by atoms with Crippen LogP contribution in [0.5, 0.6) is 5.75 Å². The zero-order chi connectivity index (χ0) is 21.0. The maximum atomic E-state index is 12.8. The molecule has 29 heavy (non-hydrogen) atoms. The minimum atomic E-state index is -0.558. The zero-order valence-corrected chi connectivity index (χ0v) is 18.3. The van der Waals surface area contributed by atoms with Crippen molar-refractivity contribution in [2.75, 3.05) is 6.54 Å². The van der Waals surface area contributed by atoms with Crippen molar-refractivity contribution in [3.05, 3.63) is 81.3 Å². The molecule has 1 aliphatic heterocycles. The Labute approximate surface area is 187 Å². The highest BCUT2D eigenvalue weighted by molar-refractivity contribution is 9.10. The number of carbonyl (C=O) groups is 2. The van der Waals surface area contributed by atoms with Gasteiger partial charge in [0.05, 0.1) is 0 Å². The molecule has 0 bridgehead atoms. The van der Waals surface area contributed by atoms with Gasteiger partial charge in [-0.1, -0.05) is 51.8 Å². The van der Waals surface area contributed by atoms with Crippen molar-refractivity contribution in [2.45, 2.75) is 6.61 Å². The molecule has 1 saturated heterocycles. The van der Waals surface area contributed by atoms with E-state index in [4.69, 9.17) is 28.6 Å². The van der Waals surface area contributed by atoms with Crippen LogP contribution in [0.3, 0.4) is 0 Å². The lowest BCUT2D eigenvalue weighted by Gasteiger charge is -2.27. The largest absolute Gasteiger partial charge is 0.488 e. The summed E-state index contributed by atoms with van der Waals surface area (Å²) in [5, 5.41) is 3.18. The number of ether oxygens (including phenoxy) is 1. The molecule has 2 aromatic rings. The van der Waals surface area contributed by atoms with Crippen LogP contribution in [-0.4, -0.2) is 28.4 Å². The lowest BCUT2D eigenvalue weighted by atomic mass is 10.1. The Morgan fingerprint density at radius 3 is 2.72 bits per heavy atom. The van der Waals surface area contributed by atoms with E-state index in [0.717, 1.165) is 10.0 Å². The van der Waals surface area contributed by atoms with Gasteiger partial charge in [0.1, 0.15) is 17.9 Å². The molecule has 0 aliphatic carbocycles. The van der Waals surface area contributed by atoms with Crippen LogP contribution in [0.25, 0.3) is 6.08 Å². The molecule has 3 rings (SSSR count). The molecule has 2 amide bonds. The molecule has 8 heteroatoms. The average molecular weight is 492 g/mol. The van der Waals surface area contributed by atoms with Crippen LogP contribution in [-0.2, 0) is 16.2 Å². The second-order valence-corrected chi connectivity index (χ2v) is 7.79. The Bertz CT molecular complexity index is 1040. The number of halogens is 2. The molecule has 2 aromatic carbocycles. The minimum absolute atomic E-state index is 0.0406. The normalized spacial score (nSPS) is 15.4. The zero-order valence-electron chi connectivity index (χ0n) is 15.2. The van der Waals surface area contributed by atoms with E-state index in [1.165, 1.54) is 17.1 Å². The fourth-order valence-electron chi connectivity index (χ4n) is 2.68. The second-order valence-electron chi connectivity index (χ2n) is 6.08. The van der Waals surface area contributed by atoms with E-state index in [-0.39, 0.29) is 23.8 Å². The van der Waals surface area contributed by atoms with Gasteiger partial charge in [-0.3, -0.25) is 19.8 Å². The number of amides is 2. The molecule has 0 saturated carbocycles. The predicted octanol–water partition coefficient (Wildman–Crippen LogP) is 4.49. The molecule has 0 atom stereocenters. The Kier molecular flexibility index (Phi) is 6.84. The minimum Gasteiger partial charge on any atom is -0.488 e. The van der Waals surface area contributed by atoms with Crippen molar-refractivity contribution in [3.8, 4) is 5.75 Å². The summed E-state index contributed by atoms with van der Waals surface area (Å²) in [4.78, 5) is 26.4. The summed E-state index contributed by atoms with van der Waals surface area (Å²) < 4.78 is 6.69. The van der Waals surface area contributed by atoms with Crippen LogP contribution in [0.2, 0.25) is 5.02 Å². The molecule has 1 heterocycles. The van der Waals surface area contributed by atoms with Gasteiger partial charge < -0.3 is 4.74 Å². The molecule has 5 nitrogen and oxygen atoms in total. The van der Waals surface area contributed by atoms with Gasteiger partial charge in [0, 0.05) is 27.2 Å². The molecule has 0 spiro atoms. The first-order valence-electron chi connectivity index (χ1n) is 8.56. The van der Waals surface area contributed by atoms with Crippen LogP contribution >= 0.6 is 39.7 Å². The maximum absolute atomic E-state index is 12.8. The molecule has 0 unspecified atom stereocenters. The standard InChI is InChI=1S/C21H16BrClN2O3S/c1-2-9-25-20(27)16(19(26)24-21(25)29)11-14-10-15(22)7-8-18(14)28-12-13-5-3-4-6-17(13)23/h2-8,10-11H,1,9,12H2,(H,24,26,29)/b16-11+. The molecule has 148 valence electrons. The van der Waals surface area contributed by atoms with Crippen LogP contribution < -0.4 is 10.1 Å². The van der Waals surface area contributed by atoms with Crippen LogP contribution in [0.4, 0.5) is 0 Å². The monoisotopic (exact) mass is 490 g/mol. The highest BCUT2D eigenvalue weighted by Crippen LogP contribution is 2.28. The summed E-state index contributed by atoms with van der Waals surface area (Å²) in [6, 6.07) is 12.7. The number of hydrogen-bond acceptors (Lipinski definition) is 4. The van der Waals surface area contributed by atoms with Crippen LogP contribution in [0, 0.1) is 0 Å². The molecule has 1 N–H and O–H groups in total. The van der Waals surface area contributed by atoms with Gasteiger partial charge >= 0.3 is 0 Å². The highest BCUT2D eigenvalue weighted by Gasteiger charge is 2.32. The van der Waals surface area contributed by atoms with Gasteiger partial charge in [0.15, 0.2) is 5.11 Å². The number of carbonyl (C=O) groups excluding carboxylic acids is 2. The quantitative estimate of drug-likeness (QED) is 0.280. The van der Waals surface area contributed by atoms with Gasteiger partial charge in [-0.25, -0.2) is 0 Å². The van der Waals surface area contributed by atoms with Crippen molar-refractivity contribution in [1.82, 2.24) is 10.2 Å². The first-order valence-corrected chi connectivity index (χ1v) is 10.1. The summed E-state index contributed by atoms with van der Waals surface area (Å²) in [7, 11) is 0. The molecule has 1 aliphatic rings. The third kappa shape index (κ3) is 4.93. The second kappa shape index (κ2) is 9.35. The average Bonchev–Trinajstić information content (AvgIpc) is 2.69. The van der Waals surface area contributed by atoms with E-state index in [9.17, 15) is 9.59 Å².